The Morgan fingerprint density at radius 1 is 0.517 bits per heavy atom. The molecule has 29 heavy (non-hydrogen) atoms. The summed E-state index contributed by atoms with van der Waals surface area (Å²) in [4.78, 5) is 2.60. The summed E-state index contributed by atoms with van der Waals surface area (Å²) in [6.45, 7) is 0. The highest BCUT2D eigenvalue weighted by atomic mass is 79.9. The molecule has 0 saturated carbocycles. The molecule has 0 bridgehead atoms. The molecule has 4 aromatic rings. The van der Waals surface area contributed by atoms with Gasteiger partial charge in [0.15, 0.2) is 0 Å². The smallest absolute Gasteiger partial charge is 0.0178 e. The minimum absolute atomic E-state index is 0.924. The summed E-state index contributed by atoms with van der Waals surface area (Å²) in [5.41, 5.74) is 5.33. The van der Waals surface area contributed by atoms with Crippen molar-refractivity contribution in [2.24, 2.45) is 0 Å². The molecule has 0 amide bonds. The van der Waals surface area contributed by atoms with Crippen LogP contribution in [0.4, 0.5) is 0 Å². The Morgan fingerprint density at radius 3 is 1.34 bits per heavy atom. The Bertz CT molecular complexity index is 1000. The van der Waals surface area contributed by atoms with Crippen LogP contribution < -0.4 is 0 Å². The van der Waals surface area contributed by atoms with E-state index in [1.165, 1.54) is 32.0 Å². The van der Waals surface area contributed by atoms with Crippen LogP contribution in [0.3, 0.4) is 0 Å². The van der Waals surface area contributed by atoms with Crippen molar-refractivity contribution in [2.45, 2.75) is 22.6 Å². The molecule has 0 spiro atoms. The normalized spacial score (nSPS) is 10.8. The average Bonchev–Trinajstić information content (AvgIpc) is 2.73. The van der Waals surface area contributed by atoms with E-state index in [1.54, 1.807) is 0 Å². The highest BCUT2D eigenvalue weighted by Crippen LogP contribution is 2.37. The van der Waals surface area contributed by atoms with Crippen LogP contribution in [0.25, 0.3) is 0 Å². The van der Waals surface area contributed by atoms with Crippen molar-refractivity contribution in [3.8, 4) is 0 Å². The Morgan fingerprint density at radius 2 is 0.931 bits per heavy atom. The van der Waals surface area contributed by atoms with Gasteiger partial charge in [0.05, 0.1) is 0 Å². The summed E-state index contributed by atoms with van der Waals surface area (Å²) in [5, 5.41) is 0. The lowest BCUT2D eigenvalue weighted by molar-refractivity contribution is 1.10. The van der Waals surface area contributed by atoms with E-state index in [9.17, 15) is 0 Å². The maximum atomic E-state index is 3.65. The molecule has 0 radical (unpaired) electrons. The van der Waals surface area contributed by atoms with Crippen LogP contribution in [0.15, 0.2) is 116 Å². The summed E-state index contributed by atoms with van der Waals surface area (Å²) in [7, 11) is 0. The van der Waals surface area contributed by atoms with Gasteiger partial charge >= 0.3 is 0 Å². The van der Waals surface area contributed by atoms with Crippen LogP contribution in [0.5, 0.6) is 0 Å². The molecule has 4 aromatic carbocycles. The molecule has 0 heterocycles. The predicted octanol–water partition coefficient (Wildman–Crippen LogP) is 8.54. The van der Waals surface area contributed by atoms with Crippen LogP contribution in [0.1, 0.15) is 22.3 Å². The number of rotatable bonds is 6. The second-order valence-electron chi connectivity index (χ2n) is 6.93. The molecule has 0 aliphatic rings. The Kier molecular flexibility index (Phi) is 6.91. The SMILES string of the molecule is Brc1ccc(Sc2ccc(Br)cc2Cc2ccccc2)c(Cc2ccccc2)c1. The van der Waals surface area contributed by atoms with Crippen molar-refractivity contribution in [3.63, 3.8) is 0 Å². The second kappa shape index (κ2) is 9.80. The van der Waals surface area contributed by atoms with Gasteiger partial charge in [-0.3, -0.25) is 0 Å². The number of halogens is 2. The first-order chi connectivity index (χ1) is 14.2. The molecule has 144 valence electrons. The third-order valence-corrected chi connectivity index (χ3v) is 6.96. The van der Waals surface area contributed by atoms with Crippen molar-refractivity contribution in [3.05, 3.63) is 128 Å². The maximum absolute atomic E-state index is 3.65. The zero-order chi connectivity index (χ0) is 20.1. The zero-order valence-electron chi connectivity index (χ0n) is 15.8. The largest absolute Gasteiger partial charge is 0.0895 e. The summed E-state index contributed by atoms with van der Waals surface area (Å²) >= 11 is 9.15. The average molecular weight is 524 g/mol. The van der Waals surface area contributed by atoms with Gasteiger partial charge in [0.2, 0.25) is 0 Å². The molecule has 0 unspecified atom stereocenters. The van der Waals surface area contributed by atoms with Gasteiger partial charge in [-0.1, -0.05) is 104 Å². The van der Waals surface area contributed by atoms with E-state index in [-0.39, 0.29) is 0 Å². The van der Waals surface area contributed by atoms with Crippen molar-refractivity contribution >= 4 is 43.6 Å². The molecule has 0 aliphatic carbocycles. The fraction of sp³-hybridized carbons (Fsp3) is 0.0769. The molecule has 0 aliphatic heterocycles. The number of hydrogen-bond acceptors (Lipinski definition) is 1. The predicted molar refractivity (Wildman–Crippen MR) is 131 cm³/mol. The van der Waals surface area contributed by atoms with Gasteiger partial charge in [0, 0.05) is 18.7 Å². The highest BCUT2D eigenvalue weighted by Gasteiger charge is 2.11. The summed E-state index contributed by atoms with van der Waals surface area (Å²) in [6, 6.07) is 34.5. The van der Waals surface area contributed by atoms with Gasteiger partial charge in [-0.25, -0.2) is 0 Å². The van der Waals surface area contributed by atoms with Crippen LogP contribution in [-0.4, -0.2) is 0 Å². The van der Waals surface area contributed by atoms with Gasteiger partial charge < -0.3 is 0 Å². The molecule has 0 N–H and O–H groups in total. The molecule has 3 heteroatoms. The van der Waals surface area contributed by atoms with Gasteiger partial charge in [-0.2, -0.15) is 0 Å². The van der Waals surface area contributed by atoms with Crippen LogP contribution >= 0.6 is 43.6 Å². The van der Waals surface area contributed by atoms with Gasteiger partial charge in [-0.15, -0.1) is 0 Å². The summed E-state index contributed by atoms with van der Waals surface area (Å²) < 4.78 is 2.24. The summed E-state index contributed by atoms with van der Waals surface area (Å²) in [6.07, 6.45) is 1.85. The standard InChI is InChI=1S/C26H20Br2S/c27-23-11-13-25(21(17-23)15-19-7-3-1-4-8-19)29-26-14-12-24(28)18-22(26)16-20-9-5-2-6-10-20/h1-14,17-18H,15-16H2. The fourth-order valence-corrected chi connectivity index (χ4v) is 5.17. The van der Waals surface area contributed by atoms with E-state index < -0.39 is 0 Å². The quantitative estimate of drug-likeness (QED) is 0.244. The topological polar surface area (TPSA) is 0 Å². The van der Waals surface area contributed by atoms with Crippen molar-refractivity contribution < 1.29 is 0 Å². The molecule has 4 rings (SSSR count). The Hall–Kier alpha value is -1.81. The molecule has 0 nitrogen and oxygen atoms in total. The lowest BCUT2D eigenvalue weighted by Crippen LogP contribution is -1.94. The van der Waals surface area contributed by atoms with Gasteiger partial charge in [0.1, 0.15) is 0 Å². The maximum Gasteiger partial charge on any atom is 0.0178 e. The molecule has 0 fully saturated rings. The van der Waals surface area contributed by atoms with E-state index in [0.29, 0.717) is 0 Å². The molecule has 0 aromatic heterocycles. The number of hydrogen-bond donors (Lipinski definition) is 0. The van der Waals surface area contributed by atoms with Crippen LogP contribution in [-0.2, 0) is 12.8 Å². The van der Waals surface area contributed by atoms with Crippen molar-refractivity contribution in [1.82, 2.24) is 0 Å². The number of benzene rings is 4. The second-order valence-corrected chi connectivity index (χ2v) is 9.85. The first-order valence-corrected chi connectivity index (χ1v) is 11.9. The fourth-order valence-electron chi connectivity index (χ4n) is 3.32. The zero-order valence-corrected chi connectivity index (χ0v) is 19.8. The van der Waals surface area contributed by atoms with Crippen LogP contribution in [0.2, 0.25) is 0 Å². The molecular formula is C26H20Br2S. The van der Waals surface area contributed by atoms with E-state index in [1.807, 2.05) is 11.8 Å². The lowest BCUT2D eigenvalue weighted by atomic mass is 10.1. The molecule has 0 atom stereocenters. The first kappa shape index (κ1) is 20.5. The van der Waals surface area contributed by atoms with Crippen LogP contribution in [0, 0.1) is 0 Å². The monoisotopic (exact) mass is 522 g/mol. The third-order valence-electron chi connectivity index (χ3n) is 4.74. The van der Waals surface area contributed by atoms with E-state index in [2.05, 4.69) is 129 Å². The molecule has 0 saturated heterocycles. The Balaban J connectivity index is 1.66. The Labute approximate surface area is 193 Å². The van der Waals surface area contributed by atoms with Gasteiger partial charge in [-0.05, 0) is 71.5 Å². The first-order valence-electron chi connectivity index (χ1n) is 9.50. The van der Waals surface area contributed by atoms with Crippen molar-refractivity contribution in [1.29, 1.82) is 0 Å². The minimum Gasteiger partial charge on any atom is -0.0895 e. The lowest BCUT2D eigenvalue weighted by Gasteiger charge is -2.14. The summed E-state index contributed by atoms with van der Waals surface area (Å²) in [5.74, 6) is 0. The van der Waals surface area contributed by atoms with E-state index >= 15 is 0 Å². The third kappa shape index (κ3) is 5.63. The van der Waals surface area contributed by atoms with E-state index in [4.69, 9.17) is 0 Å². The van der Waals surface area contributed by atoms with Crippen molar-refractivity contribution in [2.75, 3.05) is 0 Å². The van der Waals surface area contributed by atoms with E-state index in [0.717, 1.165) is 21.8 Å². The molecular weight excluding hydrogens is 504 g/mol. The highest BCUT2D eigenvalue weighted by molar-refractivity contribution is 9.10. The van der Waals surface area contributed by atoms with Gasteiger partial charge in [0.25, 0.3) is 0 Å². The minimum atomic E-state index is 0.924.